The lowest BCUT2D eigenvalue weighted by molar-refractivity contribution is -0.149. The topological polar surface area (TPSA) is 128 Å². The predicted octanol–water partition coefficient (Wildman–Crippen LogP) is -0.150. The molecule has 9 nitrogen and oxygen atoms in total. The van der Waals surface area contributed by atoms with Gasteiger partial charge in [0.2, 0.25) is 17.7 Å². The maximum atomic E-state index is 12.7. The molecular formula is C19H32N4O5. The van der Waals surface area contributed by atoms with E-state index < -0.39 is 35.9 Å². The number of amides is 3. The van der Waals surface area contributed by atoms with E-state index in [2.05, 4.69) is 16.0 Å². The number of carbonyl (C=O) groups is 4. The molecule has 2 aliphatic rings. The van der Waals surface area contributed by atoms with Crippen LogP contribution >= 0.6 is 0 Å². The zero-order valence-corrected chi connectivity index (χ0v) is 16.9. The van der Waals surface area contributed by atoms with Crippen LogP contribution in [-0.2, 0) is 19.2 Å². The van der Waals surface area contributed by atoms with Crippen LogP contribution in [0.5, 0.6) is 0 Å². The van der Waals surface area contributed by atoms with Crippen LogP contribution in [0.25, 0.3) is 0 Å². The zero-order valence-electron chi connectivity index (χ0n) is 16.9. The average Bonchev–Trinajstić information content (AvgIpc) is 3.31. The normalized spacial score (nSPS) is 24.1. The number of rotatable bonds is 8. The molecule has 0 aromatic carbocycles. The summed E-state index contributed by atoms with van der Waals surface area (Å²) in [5.74, 6) is -1.90. The number of likely N-dealkylation sites (tertiary alicyclic amines) is 1. The minimum atomic E-state index is -1.03. The molecular weight excluding hydrogens is 364 g/mol. The van der Waals surface area contributed by atoms with Crippen molar-refractivity contribution < 1.29 is 24.3 Å². The Bertz CT molecular complexity index is 603. The van der Waals surface area contributed by atoms with E-state index in [1.165, 1.54) is 4.90 Å². The van der Waals surface area contributed by atoms with Crippen molar-refractivity contribution in [1.29, 1.82) is 0 Å². The molecule has 158 valence electrons. The molecule has 0 radical (unpaired) electrons. The van der Waals surface area contributed by atoms with E-state index in [1.807, 2.05) is 13.8 Å². The second-order valence-corrected chi connectivity index (χ2v) is 8.10. The number of nitrogens with one attached hydrogen (secondary N) is 3. The highest BCUT2D eigenvalue weighted by atomic mass is 16.4. The molecule has 4 unspecified atom stereocenters. The quantitative estimate of drug-likeness (QED) is 0.452. The van der Waals surface area contributed by atoms with Gasteiger partial charge in [0.25, 0.3) is 0 Å². The first-order valence-corrected chi connectivity index (χ1v) is 10.1. The largest absolute Gasteiger partial charge is 0.480 e. The van der Waals surface area contributed by atoms with Gasteiger partial charge in [0.1, 0.15) is 18.1 Å². The van der Waals surface area contributed by atoms with Gasteiger partial charge in [0, 0.05) is 6.54 Å². The van der Waals surface area contributed by atoms with E-state index >= 15 is 0 Å². The molecule has 0 spiro atoms. The minimum Gasteiger partial charge on any atom is -0.480 e. The van der Waals surface area contributed by atoms with Crippen molar-refractivity contribution in [2.24, 2.45) is 5.92 Å². The van der Waals surface area contributed by atoms with Crippen molar-refractivity contribution in [3.05, 3.63) is 0 Å². The Morgan fingerprint density at radius 2 is 1.82 bits per heavy atom. The number of aliphatic carboxylic acids is 1. The second-order valence-electron chi connectivity index (χ2n) is 8.10. The summed E-state index contributed by atoms with van der Waals surface area (Å²) in [6.45, 7) is 6.61. The summed E-state index contributed by atoms with van der Waals surface area (Å²) < 4.78 is 0. The van der Waals surface area contributed by atoms with E-state index in [4.69, 9.17) is 0 Å². The number of hydrogen-bond acceptors (Lipinski definition) is 5. The number of carboxylic acid groups (broad SMARTS) is 1. The highest BCUT2D eigenvalue weighted by Gasteiger charge is 2.37. The first kappa shape index (κ1) is 22.1. The van der Waals surface area contributed by atoms with Crippen LogP contribution in [-0.4, -0.2) is 71.0 Å². The third kappa shape index (κ3) is 5.67. The van der Waals surface area contributed by atoms with Gasteiger partial charge in [-0.15, -0.1) is 0 Å². The summed E-state index contributed by atoms with van der Waals surface area (Å²) in [5, 5.41) is 17.8. The van der Waals surface area contributed by atoms with E-state index in [0.29, 0.717) is 25.8 Å². The fourth-order valence-corrected chi connectivity index (χ4v) is 3.80. The third-order valence-electron chi connectivity index (χ3n) is 5.27. The van der Waals surface area contributed by atoms with Crippen LogP contribution < -0.4 is 16.0 Å². The van der Waals surface area contributed by atoms with Crippen LogP contribution in [0, 0.1) is 5.92 Å². The average molecular weight is 396 g/mol. The summed E-state index contributed by atoms with van der Waals surface area (Å²) in [6.07, 6.45) is 3.16. The van der Waals surface area contributed by atoms with Crippen molar-refractivity contribution in [2.45, 2.75) is 77.0 Å². The van der Waals surface area contributed by atoms with Gasteiger partial charge in [-0.2, -0.15) is 0 Å². The van der Waals surface area contributed by atoms with Crippen LogP contribution in [0.1, 0.15) is 52.9 Å². The van der Waals surface area contributed by atoms with Gasteiger partial charge in [0.15, 0.2) is 0 Å². The Morgan fingerprint density at radius 3 is 2.39 bits per heavy atom. The minimum absolute atomic E-state index is 0.175. The zero-order chi connectivity index (χ0) is 20.8. The molecule has 2 heterocycles. The van der Waals surface area contributed by atoms with E-state index in [1.54, 1.807) is 6.92 Å². The summed E-state index contributed by atoms with van der Waals surface area (Å²) in [4.78, 5) is 50.4. The van der Waals surface area contributed by atoms with E-state index in [0.717, 1.165) is 19.4 Å². The molecule has 4 atom stereocenters. The molecule has 3 amide bonds. The first-order valence-electron chi connectivity index (χ1n) is 10.1. The molecule has 2 saturated heterocycles. The molecule has 0 bridgehead atoms. The predicted molar refractivity (Wildman–Crippen MR) is 102 cm³/mol. The van der Waals surface area contributed by atoms with Crippen molar-refractivity contribution >= 4 is 23.7 Å². The maximum Gasteiger partial charge on any atom is 0.326 e. The standard InChI is InChI=1S/C19H32N4O5/c1-11(2)10-14(22-16(24)13-6-4-8-20-13)17(25)21-12(3)18(26)23-9-5-7-15(23)19(27)28/h11-15,20H,4-10H2,1-3H3,(H,21,25)(H,22,24)(H,27,28). The Hall–Kier alpha value is -2.16. The van der Waals surface area contributed by atoms with Crippen molar-refractivity contribution in [3.8, 4) is 0 Å². The summed E-state index contributed by atoms with van der Waals surface area (Å²) >= 11 is 0. The Morgan fingerprint density at radius 1 is 1.11 bits per heavy atom. The lowest BCUT2D eigenvalue weighted by atomic mass is 10.0. The van der Waals surface area contributed by atoms with Gasteiger partial charge in [-0.3, -0.25) is 14.4 Å². The monoisotopic (exact) mass is 396 g/mol. The number of carbonyl (C=O) groups excluding carboxylic acids is 3. The van der Waals surface area contributed by atoms with E-state index in [9.17, 15) is 24.3 Å². The molecule has 2 fully saturated rings. The number of carboxylic acids is 1. The fourth-order valence-electron chi connectivity index (χ4n) is 3.80. The molecule has 2 aliphatic heterocycles. The molecule has 0 aromatic heterocycles. The molecule has 9 heteroatoms. The Labute approximate surface area is 165 Å². The van der Waals surface area contributed by atoms with Gasteiger partial charge < -0.3 is 26.0 Å². The van der Waals surface area contributed by atoms with Gasteiger partial charge in [-0.1, -0.05) is 13.8 Å². The lowest BCUT2D eigenvalue weighted by Gasteiger charge is -2.27. The molecule has 4 N–H and O–H groups in total. The number of nitrogens with zero attached hydrogens (tertiary/aromatic N) is 1. The SMILES string of the molecule is CC(C)CC(NC(=O)C1CCCN1)C(=O)NC(C)C(=O)N1CCCC1C(=O)O. The molecule has 28 heavy (non-hydrogen) atoms. The van der Waals surface area contributed by atoms with Crippen molar-refractivity contribution in [2.75, 3.05) is 13.1 Å². The van der Waals surface area contributed by atoms with Crippen LogP contribution in [0.15, 0.2) is 0 Å². The highest BCUT2D eigenvalue weighted by Crippen LogP contribution is 2.18. The summed E-state index contributed by atoms with van der Waals surface area (Å²) in [6, 6.07) is -2.73. The smallest absolute Gasteiger partial charge is 0.326 e. The van der Waals surface area contributed by atoms with Gasteiger partial charge in [-0.05, 0) is 51.5 Å². The molecule has 2 rings (SSSR count). The number of hydrogen-bond donors (Lipinski definition) is 4. The van der Waals surface area contributed by atoms with Gasteiger partial charge in [0.05, 0.1) is 6.04 Å². The van der Waals surface area contributed by atoms with Crippen LogP contribution in [0.3, 0.4) is 0 Å². The molecule has 0 saturated carbocycles. The first-order chi connectivity index (χ1) is 13.2. The van der Waals surface area contributed by atoms with Gasteiger partial charge >= 0.3 is 5.97 Å². The summed E-state index contributed by atoms with van der Waals surface area (Å²) in [7, 11) is 0. The third-order valence-corrected chi connectivity index (χ3v) is 5.27. The molecule has 0 aromatic rings. The fraction of sp³-hybridized carbons (Fsp3) is 0.789. The van der Waals surface area contributed by atoms with E-state index in [-0.39, 0.29) is 17.9 Å². The summed E-state index contributed by atoms with van der Waals surface area (Å²) in [5.41, 5.74) is 0. The van der Waals surface area contributed by atoms with Crippen molar-refractivity contribution in [3.63, 3.8) is 0 Å². The Balaban J connectivity index is 1.97. The molecule has 0 aliphatic carbocycles. The second kappa shape index (κ2) is 9.86. The van der Waals surface area contributed by atoms with Gasteiger partial charge in [-0.25, -0.2) is 4.79 Å². The highest BCUT2D eigenvalue weighted by molar-refractivity contribution is 5.94. The van der Waals surface area contributed by atoms with Crippen LogP contribution in [0.4, 0.5) is 0 Å². The lowest BCUT2D eigenvalue weighted by Crippen LogP contribution is -2.56. The Kier molecular flexibility index (Phi) is 7.79. The van der Waals surface area contributed by atoms with Crippen LogP contribution in [0.2, 0.25) is 0 Å². The van der Waals surface area contributed by atoms with Crippen molar-refractivity contribution in [1.82, 2.24) is 20.9 Å². The maximum absolute atomic E-state index is 12.7.